The summed E-state index contributed by atoms with van der Waals surface area (Å²) in [5.74, 6) is -0.112. The van der Waals surface area contributed by atoms with E-state index in [-0.39, 0.29) is 24.0 Å². The third-order valence-electron chi connectivity index (χ3n) is 4.35. The highest BCUT2D eigenvalue weighted by Gasteiger charge is 2.51. The third-order valence-corrected chi connectivity index (χ3v) is 4.35. The van der Waals surface area contributed by atoms with E-state index in [1.807, 2.05) is 19.1 Å². The SMILES string of the molecule is CC1C2Cc3ccccc3CC(N(C)C2=O)[N+]1=O. The van der Waals surface area contributed by atoms with Gasteiger partial charge in [0.25, 0.3) is 6.17 Å². The first-order valence-corrected chi connectivity index (χ1v) is 6.38. The van der Waals surface area contributed by atoms with Gasteiger partial charge in [-0.15, -0.1) is 0 Å². The average molecular weight is 245 g/mol. The maximum Gasteiger partial charge on any atom is 0.282 e. The molecule has 3 heterocycles. The summed E-state index contributed by atoms with van der Waals surface area (Å²) < 4.78 is 1.10. The van der Waals surface area contributed by atoms with Crippen molar-refractivity contribution in [3.63, 3.8) is 0 Å². The lowest BCUT2D eigenvalue weighted by Gasteiger charge is -2.36. The number of hydrogen-bond donors (Lipinski definition) is 0. The Kier molecular flexibility index (Phi) is 2.47. The molecule has 3 aliphatic rings. The molecule has 0 radical (unpaired) electrons. The van der Waals surface area contributed by atoms with Crippen LogP contribution in [0.1, 0.15) is 18.1 Å². The van der Waals surface area contributed by atoms with Crippen molar-refractivity contribution in [3.8, 4) is 0 Å². The van der Waals surface area contributed by atoms with Crippen LogP contribution in [0.5, 0.6) is 0 Å². The highest BCUT2D eigenvalue weighted by Crippen LogP contribution is 2.31. The fourth-order valence-corrected chi connectivity index (χ4v) is 3.11. The lowest BCUT2D eigenvalue weighted by Crippen LogP contribution is -2.60. The first-order valence-electron chi connectivity index (χ1n) is 6.38. The van der Waals surface area contributed by atoms with E-state index < -0.39 is 0 Å². The van der Waals surface area contributed by atoms with Crippen LogP contribution in [0.3, 0.4) is 0 Å². The van der Waals surface area contributed by atoms with E-state index in [0.29, 0.717) is 12.8 Å². The van der Waals surface area contributed by atoms with Crippen molar-refractivity contribution >= 4 is 5.91 Å². The Balaban J connectivity index is 2.12. The number of fused-ring (bicyclic) bond motifs is 2. The minimum Gasteiger partial charge on any atom is -0.284 e. The van der Waals surface area contributed by atoms with Gasteiger partial charge in [-0.25, -0.2) is 0 Å². The van der Waals surface area contributed by atoms with Crippen molar-refractivity contribution < 1.29 is 9.55 Å². The van der Waals surface area contributed by atoms with Crippen molar-refractivity contribution in [1.29, 1.82) is 0 Å². The van der Waals surface area contributed by atoms with E-state index in [1.165, 1.54) is 11.1 Å². The Hall–Kier alpha value is -1.71. The molecule has 3 atom stereocenters. The summed E-state index contributed by atoms with van der Waals surface area (Å²) in [4.78, 5) is 26.2. The Morgan fingerprint density at radius 2 is 1.83 bits per heavy atom. The number of rotatable bonds is 0. The van der Waals surface area contributed by atoms with Crippen LogP contribution >= 0.6 is 0 Å². The second-order valence-electron chi connectivity index (χ2n) is 5.31. The Morgan fingerprint density at radius 3 is 2.50 bits per heavy atom. The van der Waals surface area contributed by atoms with E-state index in [1.54, 1.807) is 11.9 Å². The molecule has 0 aliphatic carbocycles. The third kappa shape index (κ3) is 1.48. The summed E-state index contributed by atoms with van der Waals surface area (Å²) in [6.07, 6.45) is 0.940. The molecule has 0 saturated carbocycles. The Labute approximate surface area is 106 Å². The van der Waals surface area contributed by atoms with Gasteiger partial charge in [0.2, 0.25) is 11.9 Å². The predicted octanol–water partition coefficient (Wildman–Crippen LogP) is 1.37. The zero-order chi connectivity index (χ0) is 12.9. The number of carbonyl (C=O) groups is 1. The highest BCUT2D eigenvalue weighted by molar-refractivity contribution is 5.80. The van der Waals surface area contributed by atoms with Crippen LogP contribution in [0.4, 0.5) is 0 Å². The summed E-state index contributed by atoms with van der Waals surface area (Å²) in [5, 5.41) is 0. The summed E-state index contributed by atoms with van der Waals surface area (Å²) in [6.45, 7) is 1.86. The maximum absolute atomic E-state index is 12.3. The molecule has 1 aromatic rings. The number of carbonyl (C=O) groups excluding carboxylic acids is 1. The van der Waals surface area contributed by atoms with Gasteiger partial charge >= 0.3 is 0 Å². The molecule has 1 aromatic carbocycles. The van der Waals surface area contributed by atoms with Gasteiger partial charge in [-0.3, -0.25) is 9.69 Å². The monoisotopic (exact) mass is 245 g/mol. The topological polar surface area (TPSA) is 40.4 Å². The van der Waals surface area contributed by atoms with Crippen LogP contribution < -0.4 is 0 Å². The zero-order valence-electron chi connectivity index (χ0n) is 10.7. The normalized spacial score (nSPS) is 31.0. The van der Waals surface area contributed by atoms with Gasteiger partial charge in [-0.1, -0.05) is 24.3 Å². The predicted molar refractivity (Wildman–Crippen MR) is 67.0 cm³/mol. The Morgan fingerprint density at radius 1 is 1.22 bits per heavy atom. The second-order valence-corrected chi connectivity index (χ2v) is 5.31. The van der Waals surface area contributed by atoms with E-state index in [9.17, 15) is 9.70 Å². The lowest BCUT2D eigenvalue weighted by atomic mass is 9.83. The van der Waals surface area contributed by atoms with Crippen molar-refractivity contribution in [3.05, 3.63) is 40.3 Å². The quantitative estimate of drug-likeness (QED) is 0.648. The minimum absolute atomic E-state index is 0.106. The number of amides is 1. The molecule has 3 unspecified atom stereocenters. The number of likely N-dealkylation sites (N-methyl/N-ethyl adjacent to an activating group) is 1. The molecule has 2 bridgehead atoms. The Bertz CT molecular complexity index is 479. The van der Waals surface area contributed by atoms with Crippen molar-refractivity contribution in [2.24, 2.45) is 5.92 Å². The molecular weight excluding hydrogens is 228 g/mol. The molecule has 0 N–H and O–H groups in total. The van der Waals surface area contributed by atoms with Crippen molar-refractivity contribution in [1.82, 2.24) is 4.90 Å². The second kappa shape index (κ2) is 3.90. The fraction of sp³-hybridized carbons (Fsp3) is 0.500. The molecule has 1 amide bonds. The molecular formula is C14H17N2O2+. The first-order chi connectivity index (χ1) is 8.59. The van der Waals surface area contributed by atoms with Crippen LogP contribution in [0.15, 0.2) is 24.3 Å². The van der Waals surface area contributed by atoms with E-state index in [2.05, 4.69) is 12.1 Å². The molecule has 1 fully saturated rings. The standard InChI is InChI=1S/C14H17N2O2/c1-9-12-7-10-5-3-4-6-11(10)8-13(16(9)18)15(2)14(12)17/h3-6,9,12-13H,7-8H2,1-2H3/q+1. The van der Waals surface area contributed by atoms with E-state index in [0.717, 1.165) is 4.76 Å². The van der Waals surface area contributed by atoms with Gasteiger partial charge in [0.1, 0.15) is 5.92 Å². The minimum atomic E-state index is -0.356. The van der Waals surface area contributed by atoms with Crippen LogP contribution in [-0.4, -0.2) is 34.8 Å². The molecule has 0 aromatic heterocycles. The smallest absolute Gasteiger partial charge is 0.282 e. The molecule has 0 spiro atoms. The maximum atomic E-state index is 12.3. The van der Waals surface area contributed by atoms with Crippen LogP contribution in [0.25, 0.3) is 0 Å². The van der Waals surface area contributed by atoms with Crippen molar-refractivity contribution in [2.45, 2.75) is 32.0 Å². The molecule has 4 nitrogen and oxygen atoms in total. The van der Waals surface area contributed by atoms with Gasteiger partial charge in [-0.2, -0.15) is 0 Å². The summed E-state index contributed by atoms with van der Waals surface area (Å²) in [5.41, 5.74) is 2.41. The number of benzene rings is 1. The van der Waals surface area contributed by atoms with Gasteiger partial charge < -0.3 is 0 Å². The van der Waals surface area contributed by atoms with Gasteiger partial charge in [0.15, 0.2) is 0 Å². The van der Waals surface area contributed by atoms with Crippen molar-refractivity contribution in [2.75, 3.05) is 7.05 Å². The van der Waals surface area contributed by atoms with E-state index in [4.69, 9.17) is 0 Å². The van der Waals surface area contributed by atoms with Crippen LogP contribution in [-0.2, 0) is 17.6 Å². The average Bonchev–Trinajstić information content (AvgIpc) is 2.37. The highest BCUT2D eigenvalue weighted by atomic mass is 16.3. The van der Waals surface area contributed by atoms with Crippen LogP contribution in [0.2, 0.25) is 0 Å². The largest absolute Gasteiger partial charge is 0.284 e. The van der Waals surface area contributed by atoms with Crippen LogP contribution in [0, 0.1) is 10.8 Å². The molecule has 18 heavy (non-hydrogen) atoms. The lowest BCUT2D eigenvalue weighted by molar-refractivity contribution is -0.648. The number of nitroso groups, excluding NO2 is 1. The summed E-state index contributed by atoms with van der Waals surface area (Å²) in [6, 6.07) is 7.90. The first kappa shape index (κ1) is 11.4. The van der Waals surface area contributed by atoms with Gasteiger partial charge in [0.05, 0.1) is 6.42 Å². The number of hydrogen-bond acceptors (Lipinski definition) is 2. The number of nitrogens with zero attached hydrogens (tertiary/aromatic N) is 2. The summed E-state index contributed by atoms with van der Waals surface area (Å²) >= 11 is 0. The molecule has 94 valence electrons. The summed E-state index contributed by atoms with van der Waals surface area (Å²) in [7, 11) is 1.74. The molecule has 4 rings (SSSR count). The van der Waals surface area contributed by atoms with E-state index >= 15 is 0 Å². The van der Waals surface area contributed by atoms with Gasteiger partial charge in [-0.05, 0) is 17.5 Å². The molecule has 3 aliphatic heterocycles. The van der Waals surface area contributed by atoms with Gasteiger partial charge in [0, 0.05) is 23.6 Å². The molecule has 1 saturated heterocycles. The fourth-order valence-electron chi connectivity index (χ4n) is 3.11. The zero-order valence-corrected chi connectivity index (χ0v) is 10.7. The molecule has 4 heteroatoms.